The molecule has 0 amide bonds. The summed E-state index contributed by atoms with van der Waals surface area (Å²) in [7, 11) is 0. The third-order valence-electron chi connectivity index (χ3n) is 2.02. The molecule has 2 N–H and O–H groups in total. The fraction of sp³-hybridized carbons (Fsp3) is 0.429. The molecule has 64 valence electrons. The number of nitrogens with zero attached hydrogens (tertiary/aromatic N) is 1. The van der Waals surface area contributed by atoms with Crippen molar-refractivity contribution in [2.45, 2.75) is 19.5 Å². The first-order valence-corrected chi connectivity index (χ1v) is 3.61. The molecule has 5 heteroatoms. The molecule has 12 heavy (non-hydrogen) atoms. The van der Waals surface area contributed by atoms with Crippen molar-refractivity contribution in [2.75, 3.05) is 0 Å². The molecule has 0 saturated carbocycles. The SMILES string of the molecule is Cc1onc2c1CNC2C(=O)O. The number of fused-ring (bicyclic) bond motifs is 1. The number of aliphatic carboxylic acids is 1. The Morgan fingerprint density at radius 2 is 2.58 bits per heavy atom. The summed E-state index contributed by atoms with van der Waals surface area (Å²) in [5, 5.41) is 15.2. The number of hydrogen-bond acceptors (Lipinski definition) is 4. The zero-order valence-electron chi connectivity index (χ0n) is 6.50. The van der Waals surface area contributed by atoms with Crippen LogP contribution in [-0.4, -0.2) is 16.2 Å². The lowest BCUT2D eigenvalue weighted by molar-refractivity contribution is -0.139. The van der Waals surface area contributed by atoms with E-state index in [1.165, 1.54) is 0 Å². The molecule has 1 aromatic heterocycles. The highest BCUT2D eigenvalue weighted by molar-refractivity contribution is 5.76. The molecule has 0 aromatic carbocycles. The van der Waals surface area contributed by atoms with Crippen molar-refractivity contribution in [1.82, 2.24) is 10.5 Å². The zero-order chi connectivity index (χ0) is 8.72. The van der Waals surface area contributed by atoms with E-state index in [0.29, 0.717) is 18.0 Å². The largest absolute Gasteiger partial charge is 0.480 e. The molecule has 0 bridgehead atoms. The third-order valence-corrected chi connectivity index (χ3v) is 2.02. The van der Waals surface area contributed by atoms with Crippen LogP contribution < -0.4 is 5.32 Å². The Hall–Kier alpha value is -1.36. The molecule has 1 aromatic rings. The summed E-state index contributed by atoms with van der Waals surface area (Å²) >= 11 is 0. The van der Waals surface area contributed by atoms with E-state index < -0.39 is 12.0 Å². The number of carboxylic acids is 1. The van der Waals surface area contributed by atoms with Gasteiger partial charge in [0.1, 0.15) is 11.5 Å². The number of carboxylic acid groups (broad SMARTS) is 1. The molecule has 1 unspecified atom stereocenters. The van der Waals surface area contributed by atoms with Crippen LogP contribution >= 0.6 is 0 Å². The van der Waals surface area contributed by atoms with E-state index in [4.69, 9.17) is 9.63 Å². The second kappa shape index (κ2) is 2.31. The van der Waals surface area contributed by atoms with E-state index in [9.17, 15) is 4.79 Å². The van der Waals surface area contributed by atoms with E-state index in [0.717, 1.165) is 5.56 Å². The number of aryl methyl sites for hydroxylation is 1. The smallest absolute Gasteiger partial charge is 0.327 e. The van der Waals surface area contributed by atoms with Gasteiger partial charge in [0.05, 0.1) is 0 Å². The topological polar surface area (TPSA) is 75.4 Å². The summed E-state index contributed by atoms with van der Waals surface area (Å²) in [6, 6.07) is -0.697. The first kappa shape index (κ1) is 7.30. The Kier molecular flexibility index (Phi) is 1.41. The molecule has 0 saturated heterocycles. The predicted molar refractivity (Wildman–Crippen MR) is 38.5 cm³/mol. The predicted octanol–water partition coefficient (Wildman–Crippen LogP) is 0.212. The Bertz CT molecular complexity index is 331. The molecule has 0 radical (unpaired) electrons. The van der Waals surface area contributed by atoms with Crippen LogP contribution in [0.15, 0.2) is 4.52 Å². The lowest BCUT2D eigenvalue weighted by atomic mass is 10.2. The molecule has 2 rings (SSSR count). The monoisotopic (exact) mass is 168 g/mol. The van der Waals surface area contributed by atoms with Crippen molar-refractivity contribution in [1.29, 1.82) is 0 Å². The van der Waals surface area contributed by atoms with Gasteiger partial charge in [-0.25, -0.2) is 0 Å². The van der Waals surface area contributed by atoms with Gasteiger partial charge in [0.15, 0.2) is 6.04 Å². The number of rotatable bonds is 1. The molecule has 2 heterocycles. The summed E-state index contributed by atoms with van der Waals surface area (Å²) < 4.78 is 4.86. The Morgan fingerprint density at radius 1 is 1.83 bits per heavy atom. The Balaban J connectivity index is 2.43. The van der Waals surface area contributed by atoms with Crippen molar-refractivity contribution in [3.63, 3.8) is 0 Å². The molecule has 1 aliphatic heterocycles. The van der Waals surface area contributed by atoms with Gasteiger partial charge in [0.2, 0.25) is 0 Å². The number of nitrogens with one attached hydrogen (secondary N) is 1. The summed E-state index contributed by atoms with van der Waals surface area (Å²) in [4.78, 5) is 10.6. The summed E-state index contributed by atoms with van der Waals surface area (Å²) in [6.45, 7) is 2.30. The molecular weight excluding hydrogens is 160 g/mol. The molecule has 5 nitrogen and oxygen atoms in total. The Labute approximate surface area is 68.4 Å². The summed E-state index contributed by atoms with van der Waals surface area (Å²) in [6.07, 6.45) is 0. The van der Waals surface area contributed by atoms with Crippen molar-refractivity contribution >= 4 is 5.97 Å². The van der Waals surface area contributed by atoms with E-state index in [2.05, 4.69) is 10.5 Å². The molecule has 0 aliphatic carbocycles. The van der Waals surface area contributed by atoms with Gasteiger partial charge in [-0.05, 0) is 6.92 Å². The van der Waals surface area contributed by atoms with Crippen molar-refractivity contribution < 1.29 is 14.4 Å². The van der Waals surface area contributed by atoms with Crippen LogP contribution in [0.1, 0.15) is 23.1 Å². The van der Waals surface area contributed by atoms with Crippen LogP contribution in [0.5, 0.6) is 0 Å². The van der Waals surface area contributed by atoms with Gasteiger partial charge in [0.25, 0.3) is 0 Å². The van der Waals surface area contributed by atoms with E-state index >= 15 is 0 Å². The molecule has 0 fully saturated rings. The summed E-state index contributed by atoms with van der Waals surface area (Å²) in [5.74, 6) is -0.219. The number of hydrogen-bond donors (Lipinski definition) is 2. The first-order chi connectivity index (χ1) is 5.70. The molecular formula is C7H8N2O3. The highest BCUT2D eigenvalue weighted by Crippen LogP contribution is 2.26. The van der Waals surface area contributed by atoms with Crippen LogP contribution in [0.3, 0.4) is 0 Å². The number of aromatic nitrogens is 1. The van der Waals surface area contributed by atoms with Gasteiger partial charge in [0, 0.05) is 12.1 Å². The van der Waals surface area contributed by atoms with Gasteiger partial charge >= 0.3 is 5.97 Å². The van der Waals surface area contributed by atoms with E-state index in [1.54, 1.807) is 6.92 Å². The van der Waals surface area contributed by atoms with Gasteiger partial charge in [-0.1, -0.05) is 5.16 Å². The lowest BCUT2D eigenvalue weighted by Gasteiger charge is -2.00. The number of carbonyl (C=O) groups is 1. The third kappa shape index (κ3) is 0.831. The van der Waals surface area contributed by atoms with Crippen LogP contribution in [0, 0.1) is 6.92 Å². The maximum Gasteiger partial charge on any atom is 0.327 e. The van der Waals surface area contributed by atoms with Gasteiger partial charge in [-0.3, -0.25) is 10.1 Å². The van der Waals surface area contributed by atoms with Crippen molar-refractivity contribution in [3.05, 3.63) is 17.0 Å². The quantitative estimate of drug-likeness (QED) is 0.627. The van der Waals surface area contributed by atoms with E-state index in [-0.39, 0.29) is 0 Å². The van der Waals surface area contributed by atoms with E-state index in [1.807, 2.05) is 0 Å². The average molecular weight is 168 g/mol. The van der Waals surface area contributed by atoms with Crippen LogP contribution in [0.2, 0.25) is 0 Å². The summed E-state index contributed by atoms with van der Waals surface area (Å²) in [5.41, 5.74) is 1.39. The Morgan fingerprint density at radius 3 is 3.25 bits per heavy atom. The minimum atomic E-state index is -0.915. The van der Waals surface area contributed by atoms with Crippen LogP contribution in [0.25, 0.3) is 0 Å². The first-order valence-electron chi connectivity index (χ1n) is 3.61. The second-order valence-electron chi connectivity index (χ2n) is 2.75. The molecule has 1 aliphatic rings. The van der Waals surface area contributed by atoms with Crippen molar-refractivity contribution in [3.8, 4) is 0 Å². The van der Waals surface area contributed by atoms with Crippen molar-refractivity contribution in [2.24, 2.45) is 0 Å². The fourth-order valence-electron chi connectivity index (χ4n) is 1.36. The maximum atomic E-state index is 10.6. The average Bonchev–Trinajstić information content (AvgIpc) is 2.53. The minimum Gasteiger partial charge on any atom is -0.480 e. The second-order valence-corrected chi connectivity index (χ2v) is 2.75. The normalized spacial score (nSPS) is 20.9. The fourth-order valence-corrected chi connectivity index (χ4v) is 1.36. The standard InChI is InChI=1S/C7H8N2O3/c1-3-4-2-8-6(7(10)11)5(4)9-12-3/h6,8H,2H2,1H3,(H,10,11). The van der Waals surface area contributed by atoms with Crippen LogP contribution in [-0.2, 0) is 11.3 Å². The van der Waals surface area contributed by atoms with Gasteiger partial charge in [-0.2, -0.15) is 0 Å². The molecule has 0 spiro atoms. The molecule has 1 atom stereocenters. The van der Waals surface area contributed by atoms with Gasteiger partial charge < -0.3 is 9.63 Å². The minimum absolute atomic E-state index is 0.514. The van der Waals surface area contributed by atoms with Gasteiger partial charge in [-0.15, -0.1) is 0 Å². The maximum absolute atomic E-state index is 10.6. The lowest BCUT2D eigenvalue weighted by Crippen LogP contribution is -2.21. The highest BCUT2D eigenvalue weighted by Gasteiger charge is 2.32. The highest BCUT2D eigenvalue weighted by atomic mass is 16.5. The zero-order valence-corrected chi connectivity index (χ0v) is 6.50. The van der Waals surface area contributed by atoms with Crippen LogP contribution in [0.4, 0.5) is 0 Å².